The van der Waals surface area contributed by atoms with Crippen LogP contribution >= 0.6 is 0 Å². The maximum atomic E-state index is 12.3. The number of morpholine rings is 1. The van der Waals surface area contributed by atoms with Gasteiger partial charge in [0, 0.05) is 24.8 Å². The van der Waals surface area contributed by atoms with Gasteiger partial charge in [0.1, 0.15) is 12.2 Å². The van der Waals surface area contributed by atoms with Crippen LogP contribution in [0.2, 0.25) is 0 Å². The predicted molar refractivity (Wildman–Crippen MR) is 98.2 cm³/mol. The number of rotatable bonds is 6. The summed E-state index contributed by atoms with van der Waals surface area (Å²) in [6.07, 6.45) is 0. The van der Waals surface area contributed by atoms with Gasteiger partial charge in [0.2, 0.25) is 5.75 Å². The van der Waals surface area contributed by atoms with Crippen molar-refractivity contribution in [2.45, 2.75) is 6.61 Å². The van der Waals surface area contributed by atoms with E-state index < -0.39 is 10.9 Å². The summed E-state index contributed by atoms with van der Waals surface area (Å²) in [5, 5.41) is 11.7. The first-order valence-corrected chi connectivity index (χ1v) is 8.50. The largest absolute Gasteiger partial charge is 0.481 e. The molecule has 1 saturated heterocycles. The molecule has 0 bridgehead atoms. The van der Waals surface area contributed by atoms with Crippen molar-refractivity contribution in [3.05, 3.63) is 63.7 Å². The lowest BCUT2D eigenvalue weighted by Crippen LogP contribution is -2.36. The summed E-state index contributed by atoms with van der Waals surface area (Å²) in [5.74, 6) is -0.774. The standard InChI is InChI=1S/C19H20N2O6/c1-25-19(22)16-11-15(20-7-9-26-10-8-20)12-17(21(23)24)18(16)27-13-14-5-3-2-4-6-14/h2-6,11-12H,7-10,13H2,1H3. The molecule has 0 amide bonds. The van der Waals surface area contributed by atoms with Gasteiger partial charge < -0.3 is 19.1 Å². The quantitative estimate of drug-likeness (QED) is 0.437. The molecule has 0 saturated carbocycles. The van der Waals surface area contributed by atoms with E-state index >= 15 is 0 Å². The number of esters is 1. The number of hydrogen-bond acceptors (Lipinski definition) is 7. The maximum Gasteiger partial charge on any atom is 0.341 e. The van der Waals surface area contributed by atoms with Gasteiger partial charge in [0.25, 0.3) is 0 Å². The molecule has 3 rings (SSSR count). The number of ether oxygens (including phenoxy) is 3. The lowest BCUT2D eigenvalue weighted by Gasteiger charge is -2.29. The fourth-order valence-electron chi connectivity index (χ4n) is 2.88. The summed E-state index contributed by atoms with van der Waals surface area (Å²) >= 11 is 0. The Bertz CT molecular complexity index is 818. The summed E-state index contributed by atoms with van der Waals surface area (Å²) in [5.41, 5.74) is 1.16. The molecule has 0 unspecified atom stereocenters. The number of methoxy groups -OCH3 is 1. The number of anilines is 1. The molecule has 0 atom stereocenters. The minimum Gasteiger partial charge on any atom is -0.481 e. The minimum atomic E-state index is -0.684. The first kappa shape index (κ1) is 18.7. The Morgan fingerprint density at radius 1 is 1.22 bits per heavy atom. The number of nitro benzene ring substituents is 1. The van der Waals surface area contributed by atoms with Crippen LogP contribution in [0.1, 0.15) is 15.9 Å². The second-order valence-corrected chi connectivity index (χ2v) is 5.96. The average molecular weight is 372 g/mol. The van der Waals surface area contributed by atoms with Crippen LogP contribution in [0.3, 0.4) is 0 Å². The van der Waals surface area contributed by atoms with E-state index in [9.17, 15) is 14.9 Å². The molecule has 0 spiro atoms. The lowest BCUT2D eigenvalue weighted by atomic mass is 10.1. The Kier molecular flexibility index (Phi) is 5.87. The van der Waals surface area contributed by atoms with Gasteiger partial charge in [0.15, 0.2) is 0 Å². The van der Waals surface area contributed by atoms with Gasteiger partial charge in [-0.2, -0.15) is 0 Å². The van der Waals surface area contributed by atoms with E-state index in [4.69, 9.17) is 14.2 Å². The number of carbonyl (C=O) groups is 1. The van der Waals surface area contributed by atoms with Crippen LogP contribution in [0, 0.1) is 10.1 Å². The Balaban J connectivity index is 2.00. The molecule has 1 aliphatic heterocycles. The molecule has 2 aromatic rings. The molecule has 1 heterocycles. The number of hydrogen-bond donors (Lipinski definition) is 0. The van der Waals surface area contributed by atoms with Gasteiger partial charge in [-0.1, -0.05) is 30.3 Å². The van der Waals surface area contributed by atoms with Gasteiger partial charge in [-0.15, -0.1) is 0 Å². The van der Waals surface area contributed by atoms with Gasteiger partial charge in [0.05, 0.1) is 25.2 Å². The van der Waals surface area contributed by atoms with Crippen LogP contribution in [-0.4, -0.2) is 44.3 Å². The number of nitrogens with zero attached hydrogens (tertiary/aromatic N) is 2. The van der Waals surface area contributed by atoms with E-state index in [0.29, 0.717) is 32.0 Å². The normalized spacial score (nSPS) is 13.9. The zero-order chi connectivity index (χ0) is 19.2. The molecule has 0 N–H and O–H groups in total. The fourth-order valence-corrected chi connectivity index (χ4v) is 2.88. The van der Waals surface area contributed by atoms with Gasteiger partial charge in [-0.3, -0.25) is 10.1 Å². The van der Waals surface area contributed by atoms with E-state index in [-0.39, 0.29) is 23.6 Å². The van der Waals surface area contributed by atoms with Crippen LogP contribution in [0.15, 0.2) is 42.5 Å². The third-order valence-electron chi connectivity index (χ3n) is 4.26. The topological polar surface area (TPSA) is 91.1 Å². The lowest BCUT2D eigenvalue weighted by molar-refractivity contribution is -0.385. The summed E-state index contributed by atoms with van der Waals surface area (Å²) in [6, 6.07) is 12.2. The highest BCUT2D eigenvalue weighted by Crippen LogP contribution is 2.37. The number of nitro groups is 1. The Labute approximate surface area is 156 Å². The van der Waals surface area contributed by atoms with E-state index in [2.05, 4.69) is 0 Å². The first-order valence-electron chi connectivity index (χ1n) is 8.50. The smallest absolute Gasteiger partial charge is 0.341 e. The van der Waals surface area contributed by atoms with Crippen molar-refractivity contribution in [2.24, 2.45) is 0 Å². The highest BCUT2D eigenvalue weighted by molar-refractivity contribution is 5.95. The average Bonchev–Trinajstić information content (AvgIpc) is 2.72. The molecule has 0 aromatic heterocycles. The van der Waals surface area contributed by atoms with E-state index in [1.165, 1.54) is 13.2 Å². The highest BCUT2D eigenvalue weighted by Gasteiger charge is 2.28. The van der Waals surface area contributed by atoms with Crippen LogP contribution in [0.4, 0.5) is 11.4 Å². The molecule has 8 heteroatoms. The Morgan fingerprint density at radius 3 is 2.56 bits per heavy atom. The van der Waals surface area contributed by atoms with Gasteiger partial charge in [-0.05, 0) is 11.6 Å². The van der Waals surface area contributed by atoms with Crippen molar-refractivity contribution in [1.82, 2.24) is 0 Å². The SMILES string of the molecule is COC(=O)c1cc(N2CCOCC2)cc([N+](=O)[O-])c1OCc1ccccc1. The van der Waals surface area contributed by atoms with Crippen molar-refractivity contribution in [1.29, 1.82) is 0 Å². The number of carbonyl (C=O) groups excluding carboxylic acids is 1. The third-order valence-corrected chi connectivity index (χ3v) is 4.26. The molecule has 2 aromatic carbocycles. The van der Waals surface area contributed by atoms with Gasteiger partial charge >= 0.3 is 11.7 Å². The maximum absolute atomic E-state index is 12.3. The zero-order valence-corrected chi connectivity index (χ0v) is 14.9. The van der Waals surface area contributed by atoms with Crippen molar-refractivity contribution >= 4 is 17.3 Å². The summed E-state index contributed by atoms with van der Waals surface area (Å²) in [7, 11) is 1.23. The van der Waals surface area contributed by atoms with Crippen molar-refractivity contribution in [3.63, 3.8) is 0 Å². The molecule has 0 aliphatic carbocycles. The number of benzene rings is 2. The van der Waals surface area contributed by atoms with Crippen molar-refractivity contribution < 1.29 is 23.9 Å². The van der Waals surface area contributed by atoms with Crippen LogP contribution in [-0.2, 0) is 16.1 Å². The van der Waals surface area contributed by atoms with Crippen LogP contribution in [0.5, 0.6) is 5.75 Å². The Hall–Kier alpha value is -3.13. The summed E-state index contributed by atoms with van der Waals surface area (Å²) in [6.45, 7) is 2.31. The first-order chi connectivity index (χ1) is 13.1. The fraction of sp³-hybridized carbons (Fsp3) is 0.316. The van der Waals surface area contributed by atoms with E-state index in [0.717, 1.165) is 5.56 Å². The van der Waals surface area contributed by atoms with Crippen molar-refractivity contribution in [3.8, 4) is 5.75 Å². The van der Waals surface area contributed by atoms with Crippen LogP contribution in [0.25, 0.3) is 0 Å². The molecule has 27 heavy (non-hydrogen) atoms. The second kappa shape index (κ2) is 8.50. The van der Waals surface area contributed by atoms with E-state index in [1.54, 1.807) is 6.07 Å². The molecule has 142 valence electrons. The van der Waals surface area contributed by atoms with Crippen LogP contribution < -0.4 is 9.64 Å². The molecule has 0 radical (unpaired) electrons. The summed E-state index contributed by atoms with van der Waals surface area (Å²) < 4.78 is 15.8. The summed E-state index contributed by atoms with van der Waals surface area (Å²) in [4.78, 5) is 25.3. The predicted octanol–water partition coefficient (Wildman–Crippen LogP) is 2.80. The molecule has 1 aliphatic rings. The second-order valence-electron chi connectivity index (χ2n) is 5.96. The highest BCUT2D eigenvalue weighted by atomic mass is 16.6. The molecule has 1 fully saturated rings. The molecular weight excluding hydrogens is 352 g/mol. The molecule has 8 nitrogen and oxygen atoms in total. The zero-order valence-electron chi connectivity index (χ0n) is 14.9. The monoisotopic (exact) mass is 372 g/mol. The molecular formula is C19H20N2O6. The Morgan fingerprint density at radius 2 is 1.93 bits per heavy atom. The van der Waals surface area contributed by atoms with Gasteiger partial charge in [-0.25, -0.2) is 4.79 Å². The van der Waals surface area contributed by atoms with Crippen molar-refractivity contribution in [2.75, 3.05) is 38.3 Å². The van der Waals surface area contributed by atoms with E-state index in [1.807, 2.05) is 35.2 Å². The minimum absolute atomic E-state index is 0.0316. The third kappa shape index (κ3) is 4.35.